The smallest absolute Gasteiger partial charge is 0.223 e. The molecule has 0 radical (unpaired) electrons. The third-order valence-corrected chi connectivity index (χ3v) is 4.38. The van der Waals surface area contributed by atoms with Gasteiger partial charge in [-0.15, -0.1) is 0 Å². The minimum Gasteiger partial charge on any atom is -0.356 e. The molecule has 4 nitrogen and oxygen atoms in total. The number of rotatable bonds is 6. The summed E-state index contributed by atoms with van der Waals surface area (Å²) in [5.41, 5.74) is 2.81. The molecule has 2 unspecified atom stereocenters. The average molecular weight is 315 g/mol. The van der Waals surface area contributed by atoms with E-state index in [1.807, 2.05) is 30.7 Å². The highest BCUT2D eigenvalue weighted by Gasteiger charge is 2.44. The maximum Gasteiger partial charge on any atom is 0.223 e. The maximum atomic E-state index is 13.7. The molecule has 1 heterocycles. The van der Waals surface area contributed by atoms with Gasteiger partial charge in [0.1, 0.15) is 5.82 Å². The van der Waals surface area contributed by atoms with Gasteiger partial charge in [-0.2, -0.15) is 5.10 Å². The molecule has 1 aliphatic carbocycles. The first-order valence-electron chi connectivity index (χ1n) is 8.09. The molecule has 0 spiro atoms. The van der Waals surface area contributed by atoms with Crippen LogP contribution in [-0.2, 0) is 11.3 Å². The van der Waals surface area contributed by atoms with E-state index in [0.29, 0.717) is 12.1 Å². The van der Waals surface area contributed by atoms with E-state index in [2.05, 4.69) is 10.4 Å². The minimum atomic E-state index is -0.211. The second-order valence-corrected chi connectivity index (χ2v) is 6.27. The van der Waals surface area contributed by atoms with Gasteiger partial charge in [0.05, 0.1) is 5.69 Å². The molecule has 0 aliphatic heterocycles. The fourth-order valence-electron chi connectivity index (χ4n) is 3.08. The van der Waals surface area contributed by atoms with Gasteiger partial charge in [0.15, 0.2) is 0 Å². The van der Waals surface area contributed by atoms with Crippen molar-refractivity contribution in [3.63, 3.8) is 0 Å². The van der Waals surface area contributed by atoms with Crippen molar-refractivity contribution in [2.45, 2.75) is 39.2 Å². The number of hydrogen-bond donors (Lipinski definition) is 1. The van der Waals surface area contributed by atoms with E-state index in [-0.39, 0.29) is 23.6 Å². The molecule has 1 amide bonds. The van der Waals surface area contributed by atoms with Crippen molar-refractivity contribution >= 4 is 5.91 Å². The topological polar surface area (TPSA) is 46.9 Å². The molecule has 1 aliphatic rings. The number of carbonyl (C=O) groups excluding carboxylic acids is 1. The van der Waals surface area contributed by atoms with E-state index in [4.69, 9.17) is 0 Å². The molecule has 1 aromatic heterocycles. The van der Waals surface area contributed by atoms with Gasteiger partial charge in [-0.3, -0.25) is 9.48 Å². The zero-order valence-corrected chi connectivity index (χ0v) is 13.6. The van der Waals surface area contributed by atoms with Crippen LogP contribution in [0.2, 0.25) is 0 Å². The molecule has 2 aromatic rings. The first-order valence-corrected chi connectivity index (χ1v) is 8.09. The Morgan fingerprint density at radius 2 is 2.17 bits per heavy atom. The van der Waals surface area contributed by atoms with Crippen LogP contribution in [0.15, 0.2) is 30.3 Å². The first kappa shape index (κ1) is 15.7. The van der Waals surface area contributed by atoms with Gasteiger partial charge >= 0.3 is 0 Å². The zero-order chi connectivity index (χ0) is 16.4. The SMILES string of the molecule is Cc1cc(C)n(CCCNC(=O)C2CC2c2ccccc2F)n1. The van der Waals surface area contributed by atoms with Crippen LogP contribution in [0.25, 0.3) is 0 Å². The van der Waals surface area contributed by atoms with Crippen molar-refractivity contribution in [2.24, 2.45) is 5.92 Å². The lowest BCUT2D eigenvalue weighted by molar-refractivity contribution is -0.122. The van der Waals surface area contributed by atoms with Gasteiger partial charge in [0.25, 0.3) is 0 Å². The molecule has 23 heavy (non-hydrogen) atoms. The highest BCUT2D eigenvalue weighted by Crippen LogP contribution is 2.48. The van der Waals surface area contributed by atoms with Gasteiger partial charge in [0.2, 0.25) is 5.91 Å². The van der Waals surface area contributed by atoms with Crippen molar-refractivity contribution < 1.29 is 9.18 Å². The van der Waals surface area contributed by atoms with E-state index < -0.39 is 0 Å². The number of carbonyl (C=O) groups is 1. The second kappa shape index (κ2) is 6.52. The van der Waals surface area contributed by atoms with Gasteiger partial charge < -0.3 is 5.32 Å². The number of nitrogens with one attached hydrogen (secondary N) is 1. The standard InChI is InChI=1S/C18H22FN3O/c1-12-10-13(2)22(21-12)9-5-8-20-18(23)16-11-15(16)14-6-3-4-7-17(14)19/h3-4,6-7,10,15-16H,5,8-9,11H2,1-2H3,(H,20,23). The number of nitrogens with zero attached hydrogens (tertiary/aromatic N) is 2. The summed E-state index contributed by atoms with van der Waals surface area (Å²) >= 11 is 0. The van der Waals surface area contributed by atoms with E-state index in [1.54, 1.807) is 12.1 Å². The van der Waals surface area contributed by atoms with Crippen LogP contribution in [0, 0.1) is 25.6 Å². The summed E-state index contributed by atoms with van der Waals surface area (Å²) in [4.78, 5) is 12.1. The number of benzene rings is 1. The van der Waals surface area contributed by atoms with Crippen LogP contribution in [-0.4, -0.2) is 22.2 Å². The lowest BCUT2D eigenvalue weighted by atomic mass is 10.1. The monoisotopic (exact) mass is 315 g/mol. The van der Waals surface area contributed by atoms with Crippen LogP contribution >= 0.6 is 0 Å². The molecule has 1 N–H and O–H groups in total. The van der Waals surface area contributed by atoms with Crippen LogP contribution in [0.4, 0.5) is 4.39 Å². The maximum absolute atomic E-state index is 13.7. The molecule has 0 bridgehead atoms. The highest BCUT2D eigenvalue weighted by molar-refractivity contribution is 5.82. The third-order valence-electron chi connectivity index (χ3n) is 4.38. The Bertz CT molecular complexity index is 710. The molecular formula is C18H22FN3O. The molecular weight excluding hydrogens is 293 g/mol. The minimum absolute atomic E-state index is 0.0339. The molecule has 122 valence electrons. The summed E-state index contributed by atoms with van der Waals surface area (Å²) in [5.74, 6) is -0.225. The van der Waals surface area contributed by atoms with Gasteiger partial charge in [-0.1, -0.05) is 18.2 Å². The van der Waals surface area contributed by atoms with Gasteiger partial charge in [0, 0.05) is 24.7 Å². The lowest BCUT2D eigenvalue weighted by Crippen LogP contribution is -2.27. The third kappa shape index (κ3) is 3.60. The van der Waals surface area contributed by atoms with Crippen LogP contribution in [0.3, 0.4) is 0 Å². The summed E-state index contributed by atoms with van der Waals surface area (Å²) in [7, 11) is 0. The van der Waals surface area contributed by atoms with E-state index in [0.717, 1.165) is 30.8 Å². The Balaban J connectivity index is 1.43. The molecule has 1 saturated carbocycles. The lowest BCUT2D eigenvalue weighted by Gasteiger charge is -2.07. The molecule has 5 heteroatoms. The Hall–Kier alpha value is -2.17. The van der Waals surface area contributed by atoms with Crippen LogP contribution < -0.4 is 5.32 Å². The van der Waals surface area contributed by atoms with Crippen molar-refractivity contribution in [1.82, 2.24) is 15.1 Å². The Morgan fingerprint density at radius 3 is 2.87 bits per heavy atom. The van der Waals surface area contributed by atoms with Crippen molar-refractivity contribution in [3.8, 4) is 0 Å². The predicted octanol–water partition coefficient (Wildman–Crippen LogP) is 2.95. The summed E-state index contributed by atoms with van der Waals surface area (Å²) in [5, 5.41) is 7.36. The average Bonchev–Trinajstić information content (AvgIpc) is 3.24. The van der Waals surface area contributed by atoms with Crippen LogP contribution in [0.5, 0.6) is 0 Å². The first-order chi connectivity index (χ1) is 11.1. The Labute approximate surface area is 135 Å². The van der Waals surface area contributed by atoms with Crippen molar-refractivity contribution in [2.75, 3.05) is 6.54 Å². The Morgan fingerprint density at radius 1 is 1.39 bits per heavy atom. The quantitative estimate of drug-likeness (QED) is 0.833. The van der Waals surface area contributed by atoms with Gasteiger partial charge in [-0.25, -0.2) is 4.39 Å². The predicted molar refractivity (Wildman–Crippen MR) is 86.6 cm³/mol. The van der Waals surface area contributed by atoms with Crippen molar-refractivity contribution in [3.05, 3.63) is 53.1 Å². The molecule has 3 rings (SSSR count). The van der Waals surface area contributed by atoms with E-state index in [9.17, 15) is 9.18 Å². The summed E-state index contributed by atoms with van der Waals surface area (Å²) < 4.78 is 15.7. The summed E-state index contributed by atoms with van der Waals surface area (Å²) in [6.07, 6.45) is 1.58. The summed E-state index contributed by atoms with van der Waals surface area (Å²) in [6, 6.07) is 8.77. The largest absolute Gasteiger partial charge is 0.356 e. The van der Waals surface area contributed by atoms with E-state index >= 15 is 0 Å². The van der Waals surface area contributed by atoms with Crippen molar-refractivity contribution in [1.29, 1.82) is 0 Å². The molecule has 2 atom stereocenters. The fourth-order valence-corrected chi connectivity index (χ4v) is 3.08. The fraction of sp³-hybridized carbons (Fsp3) is 0.444. The van der Waals surface area contributed by atoms with Gasteiger partial charge in [-0.05, 0) is 50.3 Å². The highest BCUT2D eigenvalue weighted by atomic mass is 19.1. The second-order valence-electron chi connectivity index (χ2n) is 6.27. The normalized spacial score (nSPS) is 19.6. The Kier molecular flexibility index (Phi) is 4.46. The number of aromatic nitrogens is 2. The molecule has 1 fully saturated rings. The summed E-state index contributed by atoms with van der Waals surface area (Å²) in [6.45, 7) is 5.42. The number of halogens is 1. The van der Waals surface area contributed by atoms with Crippen LogP contribution in [0.1, 0.15) is 35.7 Å². The number of amides is 1. The molecule has 1 aromatic carbocycles. The number of aryl methyl sites for hydroxylation is 3. The van der Waals surface area contributed by atoms with E-state index in [1.165, 1.54) is 6.07 Å². The molecule has 0 saturated heterocycles. The zero-order valence-electron chi connectivity index (χ0n) is 13.6. The number of hydrogen-bond acceptors (Lipinski definition) is 2.